The normalized spacial score (nSPS) is 10.3. The Morgan fingerprint density at radius 1 is 1.22 bits per heavy atom. The second-order valence-electron chi connectivity index (χ2n) is 3.72. The molecule has 1 heterocycles. The first-order valence-corrected chi connectivity index (χ1v) is 7.04. The highest BCUT2D eigenvalue weighted by atomic mass is 79.9. The van der Waals surface area contributed by atoms with Gasteiger partial charge < -0.3 is 5.32 Å². The number of hydrogen-bond acceptors (Lipinski definition) is 2. The molecule has 94 valence electrons. The molecule has 0 spiro atoms. The van der Waals surface area contributed by atoms with Gasteiger partial charge in [-0.3, -0.25) is 4.79 Å². The van der Waals surface area contributed by atoms with Crippen molar-refractivity contribution in [3.63, 3.8) is 0 Å². The number of rotatable bonds is 4. The molecule has 5 heteroatoms. The SMILES string of the molecule is O=C(NCCc1ccc(Br)s1)c1ccc(F)cc1. The summed E-state index contributed by atoms with van der Waals surface area (Å²) in [5.74, 6) is -0.513. The molecule has 1 N–H and O–H groups in total. The molecule has 0 unspecified atom stereocenters. The van der Waals surface area contributed by atoms with Crippen LogP contribution in [-0.2, 0) is 6.42 Å². The van der Waals surface area contributed by atoms with Crippen LogP contribution in [0.3, 0.4) is 0 Å². The van der Waals surface area contributed by atoms with E-state index >= 15 is 0 Å². The minimum absolute atomic E-state index is 0.175. The van der Waals surface area contributed by atoms with Gasteiger partial charge in [-0.05, 0) is 58.7 Å². The molecule has 0 aliphatic carbocycles. The second-order valence-corrected chi connectivity index (χ2v) is 6.27. The predicted molar refractivity (Wildman–Crippen MR) is 74.5 cm³/mol. The molecule has 2 rings (SSSR count). The van der Waals surface area contributed by atoms with Crippen molar-refractivity contribution in [2.24, 2.45) is 0 Å². The molecule has 0 aliphatic heterocycles. The number of halogens is 2. The molecular weight excluding hydrogens is 317 g/mol. The molecule has 0 fully saturated rings. The number of amides is 1. The number of carbonyl (C=O) groups excluding carboxylic acids is 1. The summed E-state index contributed by atoms with van der Waals surface area (Å²) in [6.45, 7) is 0.573. The smallest absolute Gasteiger partial charge is 0.251 e. The zero-order valence-corrected chi connectivity index (χ0v) is 11.9. The maximum atomic E-state index is 12.7. The van der Waals surface area contributed by atoms with Crippen molar-refractivity contribution in [2.75, 3.05) is 6.54 Å². The van der Waals surface area contributed by atoms with Gasteiger partial charge in [0.15, 0.2) is 0 Å². The van der Waals surface area contributed by atoms with Crippen molar-refractivity contribution in [1.29, 1.82) is 0 Å². The average Bonchev–Trinajstić information content (AvgIpc) is 2.76. The van der Waals surface area contributed by atoms with Crippen LogP contribution < -0.4 is 5.32 Å². The first-order valence-electron chi connectivity index (χ1n) is 5.43. The van der Waals surface area contributed by atoms with Crippen LogP contribution in [0.2, 0.25) is 0 Å². The summed E-state index contributed by atoms with van der Waals surface area (Å²) < 4.78 is 13.8. The second kappa shape index (κ2) is 6.11. The Labute approximate surface area is 117 Å². The summed E-state index contributed by atoms with van der Waals surface area (Å²) in [7, 11) is 0. The number of hydrogen-bond donors (Lipinski definition) is 1. The van der Waals surface area contributed by atoms with Crippen LogP contribution in [0.25, 0.3) is 0 Å². The first-order chi connectivity index (χ1) is 8.65. The van der Waals surface area contributed by atoms with E-state index in [1.165, 1.54) is 29.1 Å². The van der Waals surface area contributed by atoms with Gasteiger partial charge in [0.1, 0.15) is 5.82 Å². The van der Waals surface area contributed by atoms with E-state index in [-0.39, 0.29) is 11.7 Å². The molecule has 0 aliphatic rings. The Balaban J connectivity index is 1.83. The van der Waals surface area contributed by atoms with Gasteiger partial charge in [0.05, 0.1) is 3.79 Å². The molecular formula is C13H11BrFNOS. The van der Waals surface area contributed by atoms with Gasteiger partial charge in [-0.25, -0.2) is 4.39 Å². The highest BCUT2D eigenvalue weighted by molar-refractivity contribution is 9.11. The lowest BCUT2D eigenvalue weighted by Gasteiger charge is -2.04. The van der Waals surface area contributed by atoms with E-state index in [9.17, 15) is 9.18 Å². The van der Waals surface area contributed by atoms with Crippen LogP contribution in [0.15, 0.2) is 40.2 Å². The summed E-state index contributed by atoms with van der Waals surface area (Å²) in [6, 6.07) is 9.54. The molecule has 0 saturated heterocycles. The van der Waals surface area contributed by atoms with Gasteiger partial charge in [-0.1, -0.05) is 0 Å². The Kier molecular flexibility index (Phi) is 4.49. The number of nitrogens with one attached hydrogen (secondary N) is 1. The first kappa shape index (κ1) is 13.2. The lowest BCUT2D eigenvalue weighted by atomic mass is 10.2. The Bertz CT molecular complexity index is 538. The van der Waals surface area contributed by atoms with Crippen LogP contribution in [0, 0.1) is 5.82 Å². The predicted octanol–water partition coefficient (Wildman–Crippen LogP) is 3.62. The monoisotopic (exact) mass is 327 g/mol. The highest BCUT2D eigenvalue weighted by Crippen LogP contribution is 2.22. The molecule has 0 radical (unpaired) electrons. The fraction of sp³-hybridized carbons (Fsp3) is 0.154. The zero-order chi connectivity index (χ0) is 13.0. The molecule has 0 atom stereocenters. The van der Waals surface area contributed by atoms with Crippen molar-refractivity contribution in [3.8, 4) is 0 Å². The summed E-state index contributed by atoms with van der Waals surface area (Å²) >= 11 is 5.05. The largest absolute Gasteiger partial charge is 0.352 e. The summed E-state index contributed by atoms with van der Waals surface area (Å²) in [4.78, 5) is 12.9. The minimum atomic E-state index is -0.338. The molecule has 2 aromatic rings. The van der Waals surface area contributed by atoms with Crippen molar-refractivity contribution < 1.29 is 9.18 Å². The lowest BCUT2D eigenvalue weighted by molar-refractivity contribution is 0.0954. The fourth-order valence-corrected chi connectivity index (χ4v) is 2.97. The molecule has 0 saturated carbocycles. The van der Waals surface area contributed by atoms with Crippen molar-refractivity contribution in [3.05, 3.63) is 56.4 Å². The standard InChI is InChI=1S/C13H11BrFNOS/c14-12-6-5-11(18-12)7-8-16-13(17)9-1-3-10(15)4-2-9/h1-6H,7-8H2,(H,16,17). The van der Waals surface area contributed by atoms with Crippen molar-refractivity contribution in [1.82, 2.24) is 5.32 Å². The van der Waals surface area contributed by atoms with Crippen LogP contribution in [0.5, 0.6) is 0 Å². The van der Waals surface area contributed by atoms with Crippen molar-refractivity contribution >= 4 is 33.2 Å². The Hall–Kier alpha value is -1.20. The number of benzene rings is 1. The molecule has 1 aromatic heterocycles. The van der Waals surface area contributed by atoms with Crippen molar-refractivity contribution in [2.45, 2.75) is 6.42 Å². The Morgan fingerprint density at radius 2 is 1.94 bits per heavy atom. The van der Waals surface area contributed by atoms with Gasteiger partial charge in [0.2, 0.25) is 0 Å². The van der Waals surface area contributed by atoms with Gasteiger partial charge in [0, 0.05) is 17.0 Å². The third kappa shape index (κ3) is 3.65. The third-order valence-corrected chi connectivity index (χ3v) is 4.08. The van der Waals surface area contributed by atoms with E-state index in [0.29, 0.717) is 12.1 Å². The lowest BCUT2D eigenvalue weighted by Crippen LogP contribution is -2.25. The molecule has 0 bridgehead atoms. The molecule has 1 amide bonds. The number of carbonyl (C=O) groups is 1. The molecule has 1 aromatic carbocycles. The third-order valence-electron chi connectivity index (χ3n) is 2.39. The van der Waals surface area contributed by atoms with Crippen LogP contribution in [0.1, 0.15) is 15.2 Å². The molecule has 18 heavy (non-hydrogen) atoms. The van der Waals surface area contributed by atoms with Crippen LogP contribution >= 0.6 is 27.3 Å². The van der Waals surface area contributed by atoms with E-state index in [1.807, 2.05) is 12.1 Å². The van der Waals surface area contributed by atoms with Gasteiger partial charge >= 0.3 is 0 Å². The Morgan fingerprint density at radius 3 is 2.56 bits per heavy atom. The highest BCUT2D eigenvalue weighted by Gasteiger charge is 2.05. The summed E-state index contributed by atoms with van der Waals surface area (Å²) in [5, 5.41) is 2.81. The van der Waals surface area contributed by atoms with E-state index in [1.54, 1.807) is 11.3 Å². The maximum Gasteiger partial charge on any atom is 0.251 e. The average molecular weight is 328 g/mol. The van der Waals surface area contributed by atoms with E-state index in [0.717, 1.165) is 10.2 Å². The van der Waals surface area contributed by atoms with Gasteiger partial charge in [0.25, 0.3) is 5.91 Å². The van der Waals surface area contributed by atoms with Crippen LogP contribution in [0.4, 0.5) is 4.39 Å². The fourth-order valence-electron chi connectivity index (χ4n) is 1.49. The zero-order valence-electron chi connectivity index (χ0n) is 9.45. The van der Waals surface area contributed by atoms with E-state index < -0.39 is 0 Å². The topological polar surface area (TPSA) is 29.1 Å². The van der Waals surface area contributed by atoms with Crippen LogP contribution in [-0.4, -0.2) is 12.5 Å². The summed E-state index contributed by atoms with van der Waals surface area (Å²) in [5.41, 5.74) is 0.476. The number of thiophene rings is 1. The van der Waals surface area contributed by atoms with E-state index in [2.05, 4.69) is 21.2 Å². The van der Waals surface area contributed by atoms with Gasteiger partial charge in [-0.2, -0.15) is 0 Å². The summed E-state index contributed by atoms with van der Waals surface area (Å²) in [6.07, 6.45) is 0.795. The molecule has 2 nitrogen and oxygen atoms in total. The quantitative estimate of drug-likeness (QED) is 0.912. The van der Waals surface area contributed by atoms with Gasteiger partial charge in [-0.15, -0.1) is 11.3 Å². The van der Waals surface area contributed by atoms with E-state index in [4.69, 9.17) is 0 Å². The maximum absolute atomic E-state index is 12.7. The minimum Gasteiger partial charge on any atom is -0.352 e.